The lowest BCUT2D eigenvalue weighted by atomic mass is 10.1. The molecule has 2 aromatic carbocycles. The maximum atomic E-state index is 12.4. The maximum Gasteiger partial charge on any atom is 0.255 e. The molecule has 0 unspecified atom stereocenters. The Labute approximate surface area is 145 Å². The van der Waals surface area contributed by atoms with Crippen molar-refractivity contribution in [1.29, 1.82) is 0 Å². The molecule has 0 aliphatic heterocycles. The van der Waals surface area contributed by atoms with Crippen LogP contribution in [0.15, 0.2) is 71.3 Å². The van der Waals surface area contributed by atoms with Gasteiger partial charge in [0.1, 0.15) is 5.76 Å². The van der Waals surface area contributed by atoms with Crippen molar-refractivity contribution in [3.63, 3.8) is 0 Å². The van der Waals surface area contributed by atoms with E-state index in [1.165, 1.54) is 0 Å². The van der Waals surface area contributed by atoms with Crippen LogP contribution in [0.3, 0.4) is 0 Å². The van der Waals surface area contributed by atoms with E-state index in [0.29, 0.717) is 29.1 Å². The number of aryl methyl sites for hydroxylation is 1. The molecule has 2 amide bonds. The molecule has 0 aliphatic carbocycles. The van der Waals surface area contributed by atoms with Crippen molar-refractivity contribution in [1.82, 2.24) is 5.32 Å². The Bertz CT molecular complexity index is 885. The number of rotatable bonds is 5. The minimum Gasteiger partial charge on any atom is -0.467 e. The van der Waals surface area contributed by atoms with E-state index >= 15 is 0 Å². The van der Waals surface area contributed by atoms with E-state index in [1.807, 2.05) is 25.1 Å². The van der Waals surface area contributed by atoms with Crippen LogP contribution in [0.1, 0.15) is 32.0 Å². The molecule has 5 heteroatoms. The molecule has 0 saturated heterocycles. The summed E-state index contributed by atoms with van der Waals surface area (Å²) in [5, 5.41) is 5.60. The summed E-state index contributed by atoms with van der Waals surface area (Å²) in [6.45, 7) is 2.19. The second-order valence-corrected chi connectivity index (χ2v) is 5.61. The molecule has 2 N–H and O–H groups in total. The molecule has 0 aliphatic rings. The standard InChI is InChI=1S/C20H18N2O3/c1-14-6-2-3-10-18(14)20(24)22-16-8-4-7-15(12-16)19(23)21-13-17-9-5-11-25-17/h2-12H,13H2,1H3,(H,21,23)(H,22,24). The maximum absolute atomic E-state index is 12.4. The molecule has 25 heavy (non-hydrogen) atoms. The average Bonchev–Trinajstić information content (AvgIpc) is 3.14. The van der Waals surface area contributed by atoms with E-state index < -0.39 is 0 Å². The van der Waals surface area contributed by atoms with Gasteiger partial charge in [-0.3, -0.25) is 9.59 Å². The van der Waals surface area contributed by atoms with Gasteiger partial charge in [-0.05, 0) is 48.9 Å². The van der Waals surface area contributed by atoms with Gasteiger partial charge in [0.15, 0.2) is 0 Å². The number of carbonyl (C=O) groups excluding carboxylic acids is 2. The summed E-state index contributed by atoms with van der Waals surface area (Å²) in [5.41, 5.74) is 2.54. The minimum absolute atomic E-state index is 0.203. The number of anilines is 1. The van der Waals surface area contributed by atoms with E-state index in [4.69, 9.17) is 4.42 Å². The van der Waals surface area contributed by atoms with Crippen LogP contribution in [0.4, 0.5) is 5.69 Å². The fraction of sp³-hybridized carbons (Fsp3) is 0.100. The number of benzene rings is 2. The number of hydrogen-bond acceptors (Lipinski definition) is 3. The van der Waals surface area contributed by atoms with E-state index in [0.717, 1.165) is 5.56 Å². The molecular weight excluding hydrogens is 316 g/mol. The topological polar surface area (TPSA) is 71.3 Å². The smallest absolute Gasteiger partial charge is 0.255 e. The second kappa shape index (κ2) is 7.49. The van der Waals surface area contributed by atoms with Gasteiger partial charge in [0, 0.05) is 16.8 Å². The van der Waals surface area contributed by atoms with Crippen molar-refractivity contribution >= 4 is 17.5 Å². The fourth-order valence-electron chi connectivity index (χ4n) is 2.45. The fourth-order valence-corrected chi connectivity index (χ4v) is 2.45. The van der Waals surface area contributed by atoms with Crippen molar-refractivity contribution in [3.8, 4) is 0 Å². The zero-order valence-corrected chi connectivity index (χ0v) is 13.8. The molecule has 0 saturated carbocycles. The van der Waals surface area contributed by atoms with Crippen LogP contribution in [0, 0.1) is 6.92 Å². The van der Waals surface area contributed by atoms with Crippen LogP contribution < -0.4 is 10.6 Å². The average molecular weight is 334 g/mol. The largest absolute Gasteiger partial charge is 0.467 e. The van der Waals surface area contributed by atoms with Crippen LogP contribution >= 0.6 is 0 Å². The Balaban J connectivity index is 1.67. The summed E-state index contributed by atoms with van der Waals surface area (Å²) >= 11 is 0. The summed E-state index contributed by atoms with van der Waals surface area (Å²) < 4.78 is 5.18. The summed E-state index contributed by atoms with van der Waals surface area (Å²) in [7, 11) is 0. The first-order valence-electron chi connectivity index (χ1n) is 7.91. The Morgan fingerprint density at radius 1 is 0.960 bits per heavy atom. The first-order valence-corrected chi connectivity index (χ1v) is 7.91. The number of furan rings is 1. The molecule has 1 aromatic heterocycles. The molecule has 126 valence electrons. The van der Waals surface area contributed by atoms with Gasteiger partial charge >= 0.3 is 0 Å². The molecule has 5 nitrogen and oxygen atoms in total. The quantitative estimate of drug-likeness (QED) is 0.746. The predicted molar refractivity (Wildman–Crippen MR) is 95.5 cm³/mol. The Hall–Kier alpha value is -3.34. The van der Waals surface area contributed by atoms with Gasteiger partial charge in [0.05, 0.1) is 12.8 Å². The molecule has 0 bridgehead atoms. The van der Waals surface area contributed by atoms with Crippen molar-refractivity contribution in [3.05, 3.63) is 89.4 Å². The SMILES string of the molecule is Cc1ccccc1C(=O)Nc1cccc(C(=O)NCc2ccco2)c1. The number of nitrogens with one attached hydrogen (secondary N) is 2. The van der Waals surface area contributed by atoms with E-state index in [1.54, 1.807) is 48.7 Å². The highest BCUT2D eigenvalue weighted by atomic mass is 16.3. The highest BCUT2D eigenvalue weighted by molar-refractivity contribution is 6.06. The first-order chi connectivity index (χ1) is 12.1. The van der Waals surface area contributed by atoms with Crippen LogP contribution in [0.5, 0.6) is 0 Å². The van der Waals surface area contributed by atoms with Crippen molar-refractivity contribution in [2.24, 2.45) is 0 Å². The van der Waals surface area contributed by atoms with E-state index in [-0.39, 0.29) is 11.8 Å². The summed E-state index contributed by atoms with van der Waals surface area (Å²) in [5.74, 6) is 0.243. The van der Waals surface area contributed by atoms with Gasteiger partial charge in [-0.15, -0.1) is 0 Å². The van der Waals surface area contributed by atoms with Crippen molar-refractivity contribution in [2.75, 3.05) is 5.32 Å². The van der Waals surface area contributed by atoms with E-state index in [2.05, 4.69) is 10.6 Å². The van der Waals surface area contributed by atoms with E-state index in [9.17, 15) is 9.59 Å². The van der Waals surface area contributed by atoms with Crippen LogP contribution in [0.25, 0.3) is 0 Å². The van der Waals surface area contributed by atoms with Gasteiger partial charge < -0.3 is 15.1 Å². The second-order valence-electron chi connectivity index (χ2n) is 5.61. The van der Waals surface area contributed by atoms with Crippen molar-refractivity contribution in [2.45, 2.75) is 13.5 Å². The molecule has 0 radical (unpaired) electrons. The Morgan fingerprint density at radius 3 is 2.56 bits per heavy atom. The van der Waals surface area contributed by atoms with Crippen LogP contribution in [0.2, 0.25) is 0 Å². The minimum atomic E-state index is -0.233. The third-order valence-electron chi connectivity index (χ3n) is 3.78. The highest BCUT2D eigenvalue weighted by Crippen LogP contribution is 2.14. The van der Waals surface area contributed by atoms with Crippen molar-refractivity contribution < 1.29 is 14.0 Å². The number of hydrogen-bond donors (Lipinski definition) is 2. The highest BCUT2D eigenvalue weighted by Gasteiger charge is 2.11. The van der Waals surface area contributed by atoms with Gasteiger partial charge in [-0.25, -0.2) is 0 Å². The van der Waals surface area contributed by atoms with Gasteiger partial charge in [0.2, 0.25) is 0 Å². The summed E-state index contributed by atoms with van der Waals surface area (Å²) in [4.78, 5) is 24.6. The Kier molecular flexibility index (Phi) is 4.95. The lowest BCUT2D eigenvalue weighted by molar-refractivity contribution is 0.0946. The molecular formula is C20H18N2O3. The first kappa shape index (κ1) is 16.5. The third-order valence-corrected chi connectivity index (χ3v) is 3.78. The number of amides is 2. The zero-order chi connectivity index (χ0) is 17.6. The number of carbonyl (C=O) groups is 2. The molecule has 0 spiro atoms. The van der Waals surface area contributed by atoms with Crippen LogP contribution in [-0.4, -0.2) is 11.8 Å². The lowest BCUT2D eigenvalue weighted by Gasteiger charge is -2.09. The molecule has 3 rings (SSSR count). The van der Waals surface area contributed by atoms with Crippen LogP contribution in [-0.2, 0) is 6.54 Å². The molecule has 0 atom stereocenters. The third kappa shape index (κ3) is 4.14. The normalized spacial score (nSPS) is 10.3. The summed E-state index contributed by atoms with van der Waals surface area (Å²) in [6, 6.07) is 17.7. The van der Waals surface area contributed by atoms with Gasteiger partial charge in [-0.2, -0.15) is 0 Å². The summed E-state index contributed by atoms with van der Waals surface area (Å²) in [6.07, 6.45) is 1.56. The molecule has 3 aromatic rings. The zero-order valence-electron chi connectivity index (χ0n) is 13.8. The van der Waals surface area contributed by atoms with Gasteiger partial charge in [-0.1, -0.05) is 24.3 Å². The monoisotopic (exact) mass is 334 g/mol. The Morgan fingerprint density at radius 2 is 1.80 bits per heavy atom. The van der Waals surface area contributed by atoms with Gasteiger partial charge in [0.25, 0.3) is 11.8 Å². The molecule has 1 heterocycles. The lowest BCUT2D eigenvalue weighted by Crippen LogP contribution is -2.22. The molecule has 0 fully saturated rings. The predicted octanol–water partition coefficient (Wildman–Crippen LogP) is 3.77.